The standard InChI is InChI=1S/C15H21NO2/c1-4-10-18-15-7-5-6-14-13(15)8-9-16(14)11-12(2)17-3/h5-9,12H,4,10-11H2,1-3H3. The number of benzene rings is 1. The van der Waals surface area contributed by atoms with Crippen molar-refractivity contribution >= 4 is 10.9 Å². The summed E-state index contributed by atoms with van der Waals surface area (Å²) in [5, 5.41) is 1.18. The van der Waals surface area contributed by atoms with Crippen molar-refractivity contribution in [1.29, 1.82) is 0 Å². The first-order valence-electron chi connectivity index (χ1n) is 6.49. The SMILES string of the molecule is CCCOc1cccc2c1ccn2CC(C)OC. The van der Waals surface area contributed by atoms with Crippen molar-refractivity contribution < 1.29 is 9.47 Å². The zero-order chi connectivity index (χ0) is 13.0. The molecule has 18 heavy (non-hydrogen) atoms. The Hall–Kier alpha value is -1.48. The molecule has 3 nitrogen and oxygen atoms in total. The minimum Gasteiger partial charge on any atom is -0.493 e. The van der Waals surface area contributed by atoms with Crippen LogP contribution in [0, 0.1) is 0 Å². The molecule has 0 aliphatic carbocycles. The largest absolute Gasteiger partial charge is 0.493 e. The smallest absolute Gasteiger partial charge is 0.128 e. The summed E-state index contributed by atoms with van der Waals surface area (Å²) in [4.78, 5) is 0. The van der Waals surface area contributed by atoms with Crippen molar-refractivity contribution in [3.05, 3.63) is 30.5 Å². The summed E-state index contributed by atoms with van der Waals surface area (Å²) in [6, 6.07) is 8.31. The number of hydrogen-bond acceptors (Lipinski definition) is 2. The van der Waals surface area contributed by atoms with Crippen LogP contribution in [0.1, 0.15) is 20.3 Å². The quantitative estimate of drug-likeness (QED) is 0.780. The molecule has 1 aromatic carbocycles. The Kier molecular flexibility index (Phi) is 4.26. The Morgan fingerprint density at radius 3 is 2.83 bits per heavy atom. The maximum Gasteiger partial charge on any atom is 0.128 e. The third-order valence-electron chi connectivity index (χ3n) is 3.09. The fraction of sp³-hybridized carbons (Fsp3) is 0.467. The Morgan fingerprint density at radius 1 is 1.28 bits per heavy atom. The minimum absolute atomic E-state index is 0.209. The summed E-state index contributed by atoms with van der Waals surface area (Å²) in [5.41, 5.74) is 1.20. The summed E-state index contributed by atoms with van der Waals surface area (Å²) in [5.74, 6) is 0.971. The van der Waals surface area contributed by atoms with Crippen LogP contribution < -0.4 is 4.74 Å². The molecule has 98 valence electrons. The highest BCUT2D eigenvalue weighted by atomic mass is 16.5. The van der Waals surface area contributed by atoms with E-state index in [0.717, 1.165) is 25.3 Å². The van der Waals surface area contributed by atoms with Gasteiger partial charge in [0.25, 0.3) is 0 Å². The molecule has 0 amide bonds. The van der Waals surface area contributed by atoms with Gasteiger partial charge in [-0.15, -0.1) is 0 Å². The van der Waals surface area contributed by atoms with Crippen LogP contribution in [0.5, 0.6) is 5.75 Å². The molecule has 3 heteroatoms. The second-order valence-electron chi connectivity index (χ2n) is 4.55. The fourth-order valence-corrected chi connectivity index (χ4v) is 2.04. The molecule has 2 rings (SSSR count). The van der Waals surface area contributed by atoms with Crippen LogP contribution in [0.3, 0.4) is 0 Å². The van der Waals surface area contributed by atoms with Gasteiger partial charge in [-0.2, -0.15) is 0 Å². The van der Waals surface area contributed by atoms with E-state index in [1.807, 2.05) is 12.1 Å². The topological polar surface area (TPSA) is 23.4 Å². The van der Waals surface area contributed by atoms with Gasteiger partial charge in [0.2, 0.25) is 0 Å². The molecular weight excluding hydrogens is 226 g/mol. The van der Waals surface area contributed by atoms with E-state index in [1.165, 1.54) is 10.9 Å². The number of ether oxygens (including phenoxy) is 2. The Labute approximate surface area is 108 Å². The van der Waals surface area contributed by atoms with E-state index < -0.39 is 0 Å². The van der Waals surface area contributed by atoms with Crippen molar-refractivity contribution in [2.45, 2.75) is 32.9 Å². The molecule has 1 aromatic heterocycles. The van der Waals surface area contributed by atoms with Gasteiger partial charge < -0.3 is 14.0 Å². The van der Waals surface area contributed by atoms with Gasteiger partial charge in [-0.1, -0.05) is 13.0 Å². The molecule has 0 aliphatic rings. The molecule has 1 unspecified atom stereocenters. The minimum atomic E-state index is 0.209. The van der Waals surface area contributed by atoms with E-state index in [2.05, 4.69) is 36.7 Å². The fourth-order valence-electron chi connectivity index (χ4n) is 2.04. The van der Waals surface area contributed by atoms with E-state index in [4.69, 9.17) is 9.47 Å². The number of hydrogen-bond donors (Lipinski definition) is 0. The summed E-state index contributed by atoms with van der Waals surface area (Å²) in [6.07, 6.45) is 3.33. The lowest BCUT2D eigenvalue weighted by Crippen LogP contribution is -2.13. The molecular formula is C15H21NO2. The second-order valence-corrected chi connectivity index (χ2v) is 4.55. The van der Waals surface area contributed by atoms with Gasteiger partial charge in [0, 0.05) is 25.2 Å². The maximum absolute atomic E-state index is 5.77. The third kappa shape index (κ3) is 2.67. The maximum atomic E-state index is 5.77. The van der Waals surface area contributed by atoms with Gasteiger partial charge in [-0.25, -0.2) is 0 Å². The Balaban J connectivity index is 2.29. The normalized spacial score (nSPS) is 12.8. The summed E-state index contributed by atoms with van der Waals surface area (Å²) >= 11 is 0. The molecule has 0 radical (unpaired) electrons. The van der Waals surface area contributed by atoms with Crippen molar-refractivity contribution in [2.75, 3.05) is 13.7 Å². The number of fused-ring (bicyclic) bond motifs is 1. The molecule has 0 fully saturated rings. The summed E-state index contributed by atoms with van der Waals surface area (Å²) < 4.78 is 13.3. The first-order valence-corrected chi connectivity index (χ1v) is 6.49. The Bertz CT molecular complexity index is 504. The number of nitrogens with zero attached hydrogens (tertiary/aromatic N) is 1. The van der Waals surface area contributed by atoms with Crippen LogP contribution >= 0.6 is 0 Å². The number of aromatic nitrogens is 1. The summed E-state index contributed by atoms with van der Waals surface area (Å²) in [6.45, 7) is 5.81. The molecule has 1 heterocycles. The van der Waals surface area contributed by atoms with Gasteiger partial charge in [0.05, 0.1) is 18.2 Å². The van der Waals surface area contributed by atoms with E-state index >= 15 is 0 Å². The zero-order valence-electron chi connectivity index (χ0n) is 11.3. The zero-order valence-corrected chi connectivity index (χ0v) is 11.3. The highest BCUT2D eigenvalue weighted by Gasteiger charge is 2.08. The summed E-state index contributed by atoms with van der Waals surface area (Å²) in [7, 11) is 1.74. The van der Waals surface area contributed by atoms with Crippen LogP contribution in [-0.2, 0) is 11.3 Å². The van der Waals surface area contributed by atoms with Crippen molar-refractivity contribution in [3.63, 3.8) is 0 Å². The molecule has 0 N–H and O–H groups in total. The first kappa shape index (κ1) is 13.0. The number of methoxy groups -OCH3 is 1. The van der Waals surface area contributed by atoms with Gasteiger partial charge >= 0.3 is 0 Å². The predicted molar refractivity (Wildman–Crippen MR) is 74.2 cm³/mol. The van der Waals surface area contributed by atoms with E-state index in [-0.39, 0.29) is 6.10 Å². The van der Waals surface area contributed by atoms with Crippen LogP contribution in [0.4, 0.5) is 0 Å². The highest BCUT2D eigenvalue weighted by molar-refractivity contribution is 5.86. The first-order chi connectivity index (χ1) is 8.76. The number of rotatable bonds is 6. The third-order valence-corrected chi connectivity index (χ3v) is 3.09. The van der Waals surface area contributed by atoms with Crippen LogP contribution in [0.25, 0.3) is 10.9 Å². The lowest BCUT2D eigenvalue weighted by molar-refractivity contribution is 0.104. The van der Waals surface area contributed by atoms with Gasteiger partial charge in [-0.3, -0.25) is 0 Å². The van der Waals surface area contributed by atoms with Crippen LogP contribution in [0.15, 0.2) is 30.5 Å². The lowest BCUT2D eigenvalue weighted by Gasteiger charge is -2.12. The highest BCUT2D eigenvalue weighted by Crippen LogP contribution is 2.27. The van der Waals surface area contributed by atoms with Gasteiger partial charge in [-0.05, 0) is 31.5 Å². The molecule has 0 saturated heterocycles. The monoisotopic (exact) mass is 247 g/mol. The molecule has 0 bridgehead atoms. The van der Waals surface area contributed by atoms with Crippen LogP contribution in [-0.4, -0.2) is 24.4 Å². The van der Waals surface area contributed by atoms with Crippen molar-refractivity contribution in [3.8, 4) is 5.75 Å². The average Bonchev–Trinajstić information content (AvgIpc) is 2.80. The van der Waals surface area contributed by atoms with Gasteiger partial charge in [0.1, 0.15) is 5.75 Å². The average molecular weight is 247 g/mol. The molecule has 1 atom stereocenters. The van der Waals surface area contributed by atoms with Crippen molar-refractivity contribution in [2.24, 2.45) is 0 Å². The molecule has 0 saturated carbocycles. The Morgan fingerprint density at radius 2 is 2.11 bits per heavy atom. The van der Waals surface area contributed by atoms with E-state index in [9.17, 15) is 0 Å². The lowest BCUT2D eigenvalue weighted by atomic mass is 10.2. The van der Waals surface area contributed by atoms with E-state index in [1.54, 1.807) is 7.11 Å². The second kappa shape index (κ2) is 5.91. The van der Waals surface area contributed by atoms with Crippen molar-refractivity contribution in [1.82, 2.24) is 4.57 Å². The van der Waals surface area contributed by atoms with Gasteiger partial charge in [0.15, 0.2) is 0 Å². The molecule has 0 spiro atoms. The molecule has 0 aliphatic heterocycles. The van der Waals surface area contributed by atoms with Crippen LogP contribution in [0.2, 0.25) is 0 Å². The predicted octanol–water partition coefficient (Wildman–Crippen LogP) is 3.47. The van der Waals surface area contributed by atoms with E-state index in [0.29, 0.717) is 0 Å². The molecule has 2 aromatic rings.